The van der Waals surface area contributed by atoms with E-state index in [1.165, 1.54) is 19.2 Å². The molecule has 1 aromatic carbocycles. The minimum Gasteiger partial charge on any atom is -0.382 e. The third-order valence-corrected chi connectivity index (χ3v) is 2.49. The van der Waals surface area contributed by atoms with Gasteiger partial charge in [0.25, 0.3) is 0 Å². The molecule has 1 aromatic rings. The highest BCUT2D eigenvalue weighted by Gasteiger charge is 2.40. The minimum atomic E-state index is -4.33. The second-order valence-corrected chi connectivity index (χ2v) is 3.94. The van der Waals surface area contributed by atoms with Crippen LogP contribution in [0.25, 0.3) is 0 Å². The molecule has 1 rings (SSSR count). The quantitative estimate of drug-likeness (QED) is 0.741. The molecule has 0 aliphatic rings. The smallest absolute Gasteiger partial charge is 0.382 e. The van der Waals surface area contributed by atoms with E-state index in [4.69, 9.17) is 9.47 Å². The first-order valence-corrected chi connectivity index (χ1v) is 5.97. The molecule has 0 aliphatic heterocycles. The maximum absolute atomic E-state index is 12.9. The summed E-state index contributed by atoms with van der Waals surface area (Å²) in [4.78, 5) is 0. The van der Waals surface area contributed by atoms with E-state index in [9.17, 15) is 13.2 Å². The highest BCUT2D eigenvalue weighted by molar-refractivity contribution is 5.20. The van der Waals surface area contributed by atoms with Crippen LogP contribution in [-0.2, 0) is 9.47 Å². The number of rotatable bonds is 8. The second kappa shape index (κ2) is 8.14. The van der Waals surface area contributed by atoms with E-state index in [0.29, 0.717) is 13.2 Å². The van der Waals surface area contributed by atoms with Crippen LogP contribution in [0.2, 0.25) is 0 Å². The third kappa shape index (κ3) is 6.04. The van der Waals surface area contributed by atoms with Crippen LogP contribution < -0.4 is 5.32 Å². The summed E-state index contributed by atoms with van der Waals surface area (Å²) >= 11 is 0. The first kappa shape index (κ1) is 15.9. The molecule has 0 fully saturated rings. The number of halogens is 3. The molecule has 1 atom stereocenters. The highest BCUT2D eigenvalue weighted by Crippen LogP contribution is 2.32. The van der Waals surface area contributed by atoms with Gasteiger partial charge in [0.05, 0.1) is 19.8 Å². The van der Waals surface area contributed by atoms with Crippen LogP contribution in [0.5, 0.6) is 0 Å². The first-order chi connectivity index (χ1) is 9.05. The van der Waals surface area contributed by atoms with Crippen molar-refractivity contribution in [1.29, 1.82) is 0 Å². The molecule has 3 nitrogen and oxygen atoms in total. The van der Waals surface area contributed by atoms with Gasteiger partial charge in [-0.2, -0.15) is 13.2 Å². The summed E-state index contributed by atoms with van der Waals surface area (Å²) in [5.41, 5.74) is 0.201. The van der Waals surface area contributed by atoms with E-state index in [2.05, 4.69) is 5.32 Å². The lowest BCUT2D eigenvalue weighted by Gasteiger charge is -2.22. The van der Waals surface area contributed by atoms with Crippen molar-refractivity contribution in [3.8, 4) is 0 Å². The zero-order valence-corrected chi connectivity index (χ0v) is 10.7. The Balaban J connectivity index is 2.44. The van der Waals surface area contributed by atoms with Crippen LogP contribution in [0.3, 0.4) is 0 Å². The molecule has 0 aromatic heterocycles. The summed E-state index contributed by atoms with van der Waals surface area (Å²) < 4.78 is 48.6. The average Bonchev–Trinajstić information content (AvgIpc) is 2.37. The maximum Gasteiger partial charge on any atom is 0.407 e. The van der Waals surface area contributed by atoms with Crippen LogP contribution in [0, 0.1) is 0 Å². The van der Waals surface area contributed by atoms with Crippen LogP contribution in [0.15, 0.2) is 30.3 Å². The van der Waals surface area contributed by atoms with Crippen molar-refractivity contribution in [2.75, 3.05) is 33.5 Å². The first-order valence-electron chi connectivity index (χ1n) is 5.97. The summed E-state index contributed by atoms with van der Waals surface area (Å²) in [6.07, 6.45) is -4.33. The predicted molar refractivity (Wildman–Crippen MR) is 65.9 cm³/mol. The minimum absolute atomic E-state index is 0.128. The SMILES string of the molecule is COCCOCCNC(c1ccccc1)C(F)(F)F. The summed E-state index contributed by atoms with van der Waals surface area (Å²) in [6, 6.07) is 6.11. The number of nitrogens with one attached hydrogen (secondary N) is 1. The Morgan fingerprint density at radius 2 is 1.79 bits per heavy atom. The molecule has 19 heavy (non-hydrogen) atoms. The van der Waals surface area contributed by atoms with E-state index in [1.807, 2.05) is 0 Å². The van der Waals surface area contributed by atoms with Gasteiger partial charge in [0.1, 0.15) is 6.04 Å². The zero-order chi connectivity index (χ0) is 14.1. The van der Waals surface area contributed by atoms with Crippen molar-refractivity contribution in [1.82, 2.24) is 5.32 Å². The fourth-order valence-corrected chi connectivity index (χ4v) is 1.59. The van der Waals surface area contributed by atoms with Gasteiger partial charge in [0.2, 0.25) is 0 Å². The molecule has 0 amide bonds. The van der Waals surface area contributed by atoms with Gasteiger partial charge in [0.15, 0.2) is 0 Å². The Kier molecular flexibility index (Phi) is 6.83. The topological polar surface area (TPSA) is 30.5 Å². The predicted octanol–water partition coefficient (Wildman–Crippen LogP) is 2.54. The lowest BCUT2D eigenvalue weighted by molar-refractivity contribution is -0.158. The van der Waals surface area contributed by atoms with Gasteiger partial charge in [0, 0.05) is 13.7 Å². The van der Waals surface area contributed by atoms with Gasteiger partial charge in [-0.25, -0.2) is 0 Å². The van der Waals surface area contributed by atoms with Crippen molar-refractivity contribution in [3.05, 3.63) is 35.9 Å². The molecule has 0 spiro atoms. The summed E-state index contributed by atoms with van der Waals surface area (Å²) in [5, 5.41) is 2.46. The van der Waals surface area contributed by atoms with Gasteiger partial charge in [-0.05, 0) is 5.56 Å². The van der Waals surface area contributed by atoms with Crippen LogP contribution in [0.4, 0.5) is 13.2 Å². The standard InChI is InChI=1S/C13H18F3NO2/c1-18-9-10-19-8-7-17-12(13(14,15)16)11-5-3-2-4-6-11/h2-6,12,17H,7-10H2,1H3. The normalized spacial score (nSPS) is 13.5. The van der Waals surface area contributed by atoms with Crippen molar-refractivity contribution < 1.29 is 22.6 Å². The molecular formula is C13H18F3NO2. The Labute approximate surface area is 110 Å². The largest absolute Gasteiger partial charge is 0.407 e. The second-order valence-electron chi connectivity index (χ2n) is 3.94. The zero-order valence-electron chi connectivity index (χ0n) is 10.7. The molecule has 6 heteroatoms. The number of ether oxygens (including phenoxy) is 2. The maximum atomic E-state index is 12.9. The van der Waals surface area contributed by atoms with Gasteiger partial charge < -0.3 is 14.8 Å². The van der Waals surface area contributed by atoms with Crippen molar-refractivity contribution in [3.63, 3.8) is 0 Å². The van der Waals surface area contributed by atoms with E-state index >= 15 is 0 Å². The lowest BCUT2D eigenvalue weighted by atomic mass is 10.1. The molecule has 1 unspecified atom stereocenters. The van der Waals surface area contributed by atoms with Crippen molar-refractivity contribution in [2.45, 2.75) is 12.2 Å². The Morgan fingerprint density at radius 1 is 1.11 bits per heavy atom. The van der Waals surface area contributed by atoms with Gasteiger partial charge in [-0.1, -0.05) is 30.3 Å². The number of alkyl halides is 3. The van der Waals surface area contributed by atoms with Gasteiger partial charge in [-0.3, -0.25) is 0 Å². The van der Waals surface area contributed by atoms with Crippen LogP contribution in [-0.4, -0.2) is 39.7 Å². The molecule has 0 saturated heterocycles. The Bertz CT molecular complexity index is 343. The van der Waals surface area contributed by atoms with Crippen LogP contribution >= 0.6 is 0 Å². The summed E-state index contributed by atoms with van der Waals surface area (Å²) in [7, 11) is 1.54. The average molecular weight is 277 g/mol. The summed E-state index contributed by atoms with van der Waals surface area (Å²) in [6.45, 7) is 1.15. The van der Waals surface area contributed by atoms with E-state index < -0.39 is 12.2 Å². The van der Waals surface area contributed by atoms with E-state index in [1.54, 1.807) is 18.2 Å². The Hall–Kier alpha value is -1.11. The van der Waals surface area contributed by atoms with E-state index in [0.717, 1.165) is 0 Å². The number of benzene rings is 1. The summed E-state index contributed by atoms with van der Waals surface area (Å²) in [5.74, 6) is 0. The third-order valence-electron chi connectivity index (χ3n) is 2.49. The highest BCUT2D eigenvalue weighted by atomic mass is 19.4. The number of hydrogen-bond acceptors (Lipinski definition) is 3. The molecule has 108 valence electrons. The number of methoxy groups -OCH3 is 1. The monoisotopic (exact) mass is 277 g/mol. The Morgan fingerprint density at radius 3 is 2.37 bits per heavy atom. The van der Waals surface area contributed by atoms with Gasteiger partial charge in [-0.15, -0.1) is 0 Å². The van der Waals surface area contributed by atoms with Crippen LogP contribution in [0.1, 0.15) is 11.6 Å². The van der Waals surface area contributed by atoms with Crippen molar-refractivity contribution in [2.24, 2.45) is 0 Å². The lowest BCUT2D eigenvalue weighted by Crippen LogP contribution is -2.36. The fourth-order valence-electron chi connectivity index (χ4n) is 1.59. The van der Waals surface area contributed by atoms with E-state index in [-0.39, 0.29) is 18.7 Å². The molecule has 0 saturated carbocycles. The molecule has 0 heterocycles. The molecule has 0 aliphatic carbocycles. The molecule has 0 bridgehead atoms. The van der Waals surface area contributed by atoms with Crippen molar-refractivity contribution >= 4 is 0 Å². The molecule has 0 radical (unpaired) electrons. The van der Waals surface area contributed by atoms with Gasteiger partial charge >= 0.3 is 6.18 Å². The molecular weight excluding hydrogens is 259 g/mol. The molecule has 1 N–H and O–H groups in total. The number of hydrogen-bond donors (Lipinski definition) is 1. The fraction of sp³-hybridized carbons (Fsp3) is 0.538.